The van der Waals surface area contributed by atoms with E-state index in [0.717, 1.165) is 17.7 Å². The van der Waals surface area contributed by atoms with E-state index < -0.39 is 0 Å². The maximum Gasteiger partial charge on any atom is 0.224 e. The van der Waals surface area contributed by atoms with Gasteiger partial charge in [0.1, 0.15) is 5.75 Å². The number of para-hydroxylation sites is 1. The van der Waals surface area contributed by atoms with Gasteiger partial charge in [-0.25, -0.2) is 0 Å². The van der Waals surface area contributed by atoms with Crippen molar-refractivity contribution in [3.8, 4) is 5.75 Å². The van der Waals surface area contributed by atoms with Crippen LogP contribution >= 0.6 is 11.6 Å². The highest BCUT2D eigenvalue weighted by atomic mass is 35.5. The van der Waals surface area contributed by atoms with Gasteiger partial charge in [-0.3, -0.25) is 4.79 Å². The lowest BCUT2D eigenvalue weighted by atomic mass is 9.96. The lowest BCUT2D eigenvalue weighted by Crippen LogP contribution is -2.35. The van der Waals surface area contributed by atoms with Crippen LogP contribution in [-0.2, 0) is 17.6 Å². The van der Waals surface area contributed by atoms with Crippen molar-refractivity contribution in [3.05, 3.63) is 64.7 Å². The summed E-state index contributed by atoms with van der Waals surface area (Å²) in [4.78, 5) is 12.0. The summed E-state index contributed by atoms with van der Waals surface area (Å²) in [5, 5.41) is 3.61. The van der Waals surface area contributed by atoms with Crippen LogP contribution < -0.4 is 10.1 Å². The van der Waals surface area contributed by atoms with Gasteiger partial charge in [-0.1, -0.05) is 48.0 Å². The summed E-state index contributed by atoms with van der Waals surface area (Å²) in [6, 6.07) is 15.5. The highest BCUT2D eigenvalue weighted by molar-refractivity contribution is 6.31. The highest BCUT2D eigenvalue weighted by Crippen LogP contribution is 2.26. The molecule has 22 heavy (non-hydrogen) atoms. The Kier molecular flexibility index (Phi) is 4.64. The summed E-state index contributed by atoms with van der Waals surface area (Å²) in [5.41, 5.74) is 2.06. The van der Waals surface area contributed by atoms with E-state index in [-0.39, 0.29) is 5.91 Å². The van der Waals surface area contributed by atoms with Crippen molar-refractivity contribution in [1.82, 2.24) is 5.32 Å². The van der Waals surface area contributed by atoms with Crippen LogP contribution in [0.5, 0.6) is 5.75 Å². The third-order valence-electron chi connectivity index (χ3n) is 3.85. The number of fused-ring (bicyclic) bond motifs is 1. The molecule has 0 saturated heterocycles. The first-order valence-electron chi connectivity index (χ1n) is 7.43. The Morgan fingerprint density at radius 1 is 1.18 bits per heavy atom. The van der Waals surface area contributed by atoms with Gasteiger partial charge in [-0.15, -0.1) is 0 Å². The van der Waals surface area contributed by atoms with Gasteiger partial charge in [-0.2, -0.15) is 0 Å². The summed E-state index contributed by atoms with van der Waals surface area (Å²) in [6.45, 7) is 1.26. The first-order chi connectivity index (χ1) is 10.7. The minimum Gasteiger partial charge on any atom is -0.493 e. The van der Waals surface area contributed by atoms with Gasteiger partial charge in [0, 0.05) is 17.5 Å². The fourth-order valence-electron chi connectivity index (χ4n) is 2.66. The highest BCUT2D eigenvalue weighted by Gasteiger charge is 2.20. The molecule has 3 rings (SSSR count). The molecule has 2 aromatic carbocycles. The van der Waals surface area contributed by atoms with Crippen LogP contribution in [0.25, 0.3) is 0 Å². The summed E-state index contributed by atoms with van der Waals surface area (Å²) < 4.78 is 5.73. The van der Waals surface area contributed by atoms with E-state index in [0.29, 0.717) is 30.5 Å². The first-order valence-corrected chi connectivity index (χ1v) is 7.81. The number of benzene rings is 2. The first kappa shape index (κ1) is 14.9. The molecular formula is C18H18ClNO2. The van der Waals surface area contributed by atoms with Gasteiger partial charge in [0.05, 0.1) is 13.0 Å². The van der Waals surface area contributed by atoms with Gasteiger partial charge in [0.15, 0.2) is 0 Å². The SMILES string of the molecule is O=C(Cc1ccccc1Cl)NCC1COc2ccccc2C1. The number of carbonyl (C=O) groups is 1. The van der Waals surface area contributed by atoms with Crippen molar-refractivity contribution < 1.29 is 9.53 Å². The molecule has 114 valence electrons. The van der Waals surface area contributed by atoms with E-state index in [9.17, 15) is 4.79 Å². The average molecular weight is 316 g/mol. The monoisotopic (exact) mass is 315 g/mol. The Balaban J connectivity index is 1.51. The molecule has 0 fully saturated rings. The van der Waals surface area contributed by atoms with Crippen LogP contribution in [0.4, 0.5) is 0 Å². The Labute approximate surface area is 135 Å². The third-order valence-corrected chi connectivity index (χ3v) is 4.22. The quantitative estimate of drug-likeness (QED) is 0.940. The van der Waals surface area contributed by atoms with E-state index in [2.05, 4.69) is 11.4 Å². The maximum atomic E-state index is 12.0. The second-order valence-corrected chi connectivity index (χ2v) is 5.97. The molecule has 1 atom stereocenters. The minimum absolute atomic E-state index is 0.00745. The number of nitrogens with one attached hydrogen (secondary N) is 1. The predicted molar refractivity (Wildman–Crippen MR) is 87.3 cm³/mol. The molecule has 0 aromatic heterocycles. The Morgan fingerprint density at radius 3 is 2.82 bits per heavy atom. The zero-order chi connectivity index (χ0) is 15.4. The molecule has 1 heterocycles. The predicted octanol–water partition coefficient (Wildman–Crippen LogP) is 3.25. The number of rotatable bonds is 4. The van der Waals surface area contributed by atoms with Crippen LogP contribution in [0.3, 0.4) is 0 Å². The molecule has 1 amide bonds. The standard InChI is InChI=1S/C18H18ClNO2/c19-16-7-3-1-5-14(16)10-18(21)20-11-13-9-15-6-2-4-8-17(15)22-12-13/h1-8,13H,9-12H2,(H,20,21). The molecule has 4 heteroatoms. The van der Waals surface area contributed by atoms with E-state index in [4.69, 9.17) is 16.3 Å². The zero-order valence-corrected chi connectivity index (χ0v) is 13.0. The molecular weight excluding hydrogens is 298 g/mol. The Bertz CT molecular complexity index is 672. The molecule has 0 radical (unpaired) electrons. The van der Waals surface area contributed by atoms with Crippen LogP contribution in [0.15, 0.2) is 48.5 Å². The van der Waals surface area contributed by atoms with Crippen LogP contribution in [-0.4, -0.2) is 19.1 Å². The molecule has 1 aliphatic rings. The summed E-state index contributed by atoms with van der Waals surface area (Å²) in [7, 11) is 0. The smallest absolute Gasteiger partial charge is 0.224 e. The topological polar surface area (TPSA) is 38.3 Å². The summed E-state index contributed by atoms with van der Waals surface area (Å²) in [6.07, 6.45) is 1.24. The van der Waals surface area contributed by atoms with E-state index in [1.54, 1.807) is 6.07 Å². The average Bonchev–Trinajstić information content (AvgIpc) is 2.55. The minimum atomic E-state index is -0.00745. The van der Waals surface area contributed by atoms with E-state index in [1.807, 2.05) is 36.4 Å². The van der Waals surface area contributed by atoms with E-state index in [1.165, 1.54) is 5.56 Å². The number of ether oxygens (including phenoxy) is 1. The number of halogens is 1. The number of hydrogen-bond donors (Lipinski definition) is 1. The number of amides is 1. The molecule has 1 aliphatic heterocycles. The fourth-order valence-corrected chi connectivity index (χ4v) is 2.86. The normalized spacial score (nSPS) is 16.5. The molecule has 0 aliphatic carbocycles. The van der Waals surface area contributed by atoms with Crippen molar-refractivity contribution in [2.45, 2.75) is 12.8 Å². The van der Waals surface area contributed by atoms with E-state index >= 15 is 0 Å². The lowest BCUT2D eigenvalue weighted by molar-refractivity contribution is -0.120. The molecule has 3 nitrogen and oxygen atoms in total. The van der Waals surface area contributed by atoms with Crippen molar-refractivity contribution >= 4 is 17.5 Å². The molecule has 1 unspecified atom stereocenters. The van der Waals surface area contributed by atoms with Gasteiger partial charge in [0.2, 0.25) is 5.91 Å². The largest absolute Gasteiger partial charge is 0.493 e. The van der Waals surface area contributed by atoms with Crippen LogP contribution in [0, 0.1) is 5.92 Å². The van der Waals surface area contributed by atoms with Crippen LogP contribution in [0.1, 0.15) is 11.1 Å². The zero-order valence-electron chi connectivity index (χ0n) is 12.2. The second-order valence-electron chi connectivity index (χ2n) is 5.56. The maximum absolute atomic E-state index is 12.0. The molecule has 0 bridgehead atoms. The Hall–Kier alpha value is -2.00. The van der Waals surface area contributed by atoms with Gasteiger partial charge in [0.25, 0.3) is 0 Å². The number of hydrogen-bond acceptors (Lipinski definition) is 2. The third kappa shape index (κ3) is 3.60. The molecule has 0 saturated carbocycles. The molecule has 0 spiro atoms. The lowest BCUT2D eigenvalue weighted by Gasteiger charge is -2.25. The summed E-state index contributed by atoms with van der Waals surface area (Å²) >= 11 is 6.07. The van der Waals surface area contributed by atoms with Crippen molar-refractivity contribution in [2.24, 2.45) is 5.92 Å². The number of carbonyl (C=O) groups excluding carboxylic acids is 1. The van der Waals surface area contributed by atoms with Crippen molar-refractivity contribution in [2.75, 3.05) is 13.2 Å². The van der Waals surface area contributed by atoms with Crippen molar-refractivity contribution in [3.63, 3.8) is 0 Å². The van der Waals surface area contributed by atoms with Crippen LogP contribution in [0.2, 0.25) is 5.02 Å². The molecule has 1 N–H and O–H groups in total. The Morgan fingerprint density at radius 2 is 1.95 bits per heavy atom. The molecule has 2 aromatic rings. The fraction of sp³-hybridized carbons (Fsp3) is 0.278. The summed E-state index contributed by atoms with van der Waals surface area (Å²) in [5.74, 6) is 1.26. The van der Waals surface area contributed by atoms with Gasteiger partial charge >= 0.3 is 0 Å². The van der Waals surface area contributed by atoms with Gasteiger partial charge in [-0.05, 0) is 29.7 Å². The second kappa shape index (κ2) is 6.84. The van der Waals surface area contributed by atoms with Gasteiger partial charge < -0.3 is 10.1 Å². The van der Waals surface area contributed by atoms with Crippen molar-refractivity contribution in [1.29, 1.82) is 0 Å².